The predicted molar refractivity (Wildman–Crippen MR) is 103 cm³/mol. The molecule has 1 unspecified atom stereocenters. The molecule has 162 valence electrons. The SMILES string of the molecule is Cn1nc(NC(O)n2ccc3cc(Oc4cc(CO)ncn4)ccc32)cc1C(F)(F)F. The Kier molecular flexibility index (Phi) is 5.25. The van der Waals surface area contributed by atoms with Crippen LogP contribution in [-0.2, 0) is 19.8 Å². The van der Waals surface area contributed by atoms with Gasteiger partial charge in [-0.3, -0.25) is 4.68 Å². The molecular formula is C19H17F3N6O3. The van der Waals surface area contributed by atoms with Gasteiger partial charge in [-0.05, 0) is 24.3 Å². The van der Waals surface area contributed by atoms with Gasteiger partial charge in [0.1, 0.15) is 17.8 Å². The summed E-state index contributed by atoms with van der Waals surface area (Å²) in [7, 11) is 1.17. The Morgan fingerprint density at radius 2 is 1.97 bits per heavy atom. The highest BCUT2D eigenvalue weighted by Crippen LogP contribution is 2.31. The second-order valence-corrected chi connectivity index (χ2v) is 6.61. The second-order valence-electron chi connectivity index (χ2n) is 6.61. The van der Waals surface area contributed by atoms with Crippen LogP contribution >= 0.6 is 0 Å². The standard InChI is InChI=1S/C19H17F3N6O3/c1-27-15(19(20,21)22)8-16(26-27)25-18(30)28-5-4-11-6-13(2-3-14(11)28)31-17-7-12(9-29)23-10-24-17/h2-8,10,18,29-30H,9H2,1H3,(H,25,26). The highest BCUT2D eigenvalue weighted by Gasteiger charge is 2.35. The summed E-state index contributed by atoms with van der Waals surface area (Å²) in [5.41, 5.74) is 0.0862. The number of halogens is 3. The van der Waals surface area contributed by atoms with Crippen molar-refractivity contribution in [2.24, 2.45) is 7.05 Å². The average molecular weight is 434 g/mol. The van der Waals surface area contributed by atoms with Gasteiger partial charge in [0, 0.05) is 30.8 Å². The van der Waals surface area contributed by atoms with E-state index in [9.17, 15) is 18.3 Å². The Labute approximate surface area is 173 Å². The van der Waals surface area contributed by atoms with Gasteiger partial charge in [-0.15, -0.1) is 0 Å². The molecule has 3 aromatic heterocycles. The van der Waals surface area contributed by atoms with Crippen LogP contribution < -0.4 is 10.1 Å². The lowest BCUT2D eigenvalue weighted by Crippen LogP contribution is -2.17. The smallest absolute Gasteiger partial charge is 0.433 e. The fraction of sp³-hybridized carbons (Fsp3) is 0.211. The third-order valence-corrected chi connectivity index (χ3v) is 4.49. The highest BCUT2D eigenvalue weighted by molar-refractivity contribution is 5.82. The van der Waals surface area contributed by atoms with Gasteiger partial charge in [0.15, 0.2) is 5.82 Å². The van der Waals surface area contributed by atoms with Gasteiger partial charge in [-0.2, -0.15) is 18.3 Å². The van der Waals surface area contributed by atoms with Gasteiger partial charge in [0.25, 0.3) is 0 Å². The van der Waals surface area contributed by atoms with Crippen molar-refractivity contribution in [1.82, 2.24) is 24.3 Å². The number of nitrogens with one attached hydrogen (secondary N) is 1. The first kappa shape index (κ1) is 20.6. The lowest BCUT2D eigenvalue weighted by atomic mass is 10.2. The van der Waals surface area contributed by atoms with E-state index in [1.807, 2.05) is 0 Å². The molecule has 31 heavy (non-hydrogen) atoms. The van der Waals surface area contributed by atoms with E-state index in [1.54, 1.807) is 30.5 Å². The molecule has 0 radical (unpaired) electrons. The number of aromatic nitrogens is 5. The normalized spacial score (nSPS) is 12.8. The summed E-state index contributed by atoms with van der Waals surface area (Å²) >= 11 is 0. The molecule has 3 N–H and O–H groups in total. The van der Waals surface area contributed by atoms with Gasteiger partial charge in [-0.1, -0.05) is 0 Å². The van der Waals surface area contributed by atoms with Crippen LogP contribution in [0.5, 0.6) is 11.6 Å². The van der Waals surface area contributed by atoms with Crippen LogP contribution in [0.1, 0.15) is 17.7 Å². The van der Waals surface area contributed by atoms with Gasteiger partial charge >= 0.3 is 6.18 Å². The fourth-order valence-electron chi connectivity index (χ4n) is 3.06. The molecule has 4 rings (SSSR count). The first-order valence-electron chi connectivity index (χ1n) is 9.00. The summed E-state index contributed by atoms with van der Waals surface area (Å²) in [6.45, 7) is -0.244. The molecule has 1 atom stereocenters. The highest BCUT2D eigenvalue weighted by atomic mass is 19.4. The van der Waals surface area contributed by atoms with Crippen molar-refractivity contribution in [2.45, 2.75) is 19.1 Å². The predicted octanol–water partition coefficient (Wildman–Crippen LogP) is 3.03. The molecular weight excluding hydrogens is 417 g/mol. The van der Waals surface area contributed by atoms with Crippen molar-refractivity contribution < 1.29 is 28.1 Å². The third-order valence-electron chi connectivity index (χ3n) is 4.49. The Morgan fingerprint density at radius 3 is 2.68 bits per heavy atom. The van der Waals surface area contributed by atoms with Gasteiger partial charge in [-0.25, -0.2) is 9.97 Å². The zero-order valence-corrected chi connectivity index (χ0v) is 16.1. The minimum Gasteiger partial charge on any atom is -0.439 e. The molecule has 0 aliphatic heterocycles. The molecule has 0 spiro atoms. The lowest BCUT2D eigenvalue weighted by molar-refractivity contribution is -0.143. The summed E-state index contributed by atoms with van der Waals surface area (Å²) in [5, 5.41) is 26.6. The van der Waals surface area contributed by atoms with Crippen molar-refractivity contribution in [1.29, 1.82) is 0 Å². The van der Waals surface area contributed by atoms with Crippen molar-refractivity contribution in [3.63, 3.8) is 0 Å². The number of benzene rings is 1. The zero-order valence-electron chi connectivity index (χ0n) is 16.1. The molecule has 0 saturated heterocycles. The molecule has 0 saturated carbocycles. The monoisotopic (exact) mass is 434 g/mol. The van der Waals surface area contributed by atoms with E-state index in [0.717, 1.165) is 6.07 Å². The number of ether oxygens (including phenoxy) is 1. The molecule has 0 aliphatic rings. The maximum Gasteiger partial charge on any atom is 0.433 e. The lowest BCUT2D eigenvalue weighted by Gasteiger charge is -2.15. The molecule has 1 aromatic carbocycles. The first-order chi connectivity index (χ1) is 14.7. The van der Waals surface area contributed by atoms with Crippen molar-refractivity contribution >= 4 is 16.7 Å². The van der Waals surface area contributed by atoms with Crippen LogP contribution in [0.15, 0.2) is 48.9 Å². The van der Waals surface area contributed by atoms with Gasteiger partial charge in [0.2, 0.25) is 12.2 Å². The minimum absolute atomic E-state index is 0.118. The summed E-state index contributed by atoms with van der Waals surface area (Å²) in [6, 6.07) is 9.08. The number of aliphatic hydroxyl groups is 2. The van der Waals surface area contributed by atoms with Crippen molar-refractivity contribution in [2.75, 3.05) is 5.32 Å². The molecule has 0 aliphatic carbocycles. The first-order valence-corrected chi connectivity index (χ1v) is 9.00. The molecule has 12 heteroatoms. The number of hydrogen-bond acceptors (Lipinski definition) is 7. The zero-order chi connectivity index (χ0) is 22.2. The Bertz CT molecular complexity index is 1220. The van der Waals surface area contributed by atoms with Crippen LogP contribution in [-0.4, -0.2) is 34.5 Å². The van der Waals surface area contributed by atoms with Crippen LogP contribution in [0.4, 0.5) is 19.0 Å². The maximum atomic E-state index is 12.9. The van der Waals surface area contributed by atoms with Crippen LogP contribution in [0.25, 0.3) is 10.9 Å². The van der Waals surface area contributed by atoms with E-state index >= 15 is 0 Å². The Morgan fingerprint density at radius 1 is 1.16 bits per heavy atom. The van der Waals surface area contributed by atoms with E-state index < -0.39 is 18.2 Å². The average Bonchev–Trinajstić information content (AvgIpc) is 3.31. The van der Waals surface area contributed by atoms with Gasteiger partial charge in [0.05, 0.1) is 17.8 Å². The maximum absolute atomic E-state index is 12.9. The summed E-state index contributed by atoms with van der Waals surface area (Å²) < 4.78 is 46.6. The number of nitrogens with zero attached hydrogens (tertiary/aromatic N) is 5. The molecule has 0 fully saturated rings. The number of aryl methyl sites for hydroxylation is 1. The molecule has 0 bridgehead atoms. The molecule has 3 heterocycles. The third kappa shape index (κ3) is 4.29. The quantitative estimate of drug-likeness (QED) is 0.400. The van der Waals surface area contributed by atoms with Crippen molar-refractivity contribution in [3.8, 4) is 11.6 Å². The Balaban J connectivity index is 1.54. The molecule has 0 amide bonds. The fourth-order valence-corrected chi connectivity index (χ4v) is 3.06. The number of aliphatic hydroxyl groups excluding tert-OH is 2. The molecule has 9 nitrogen and oxygen atoms in total. The number of rotatable bonds is 6. The van der Waals surface area contributed by atoms with E-state index in [2.05, 4.69) is 20.4 Å². The minimum atomic E-state index is -4.55. The van der Waals surface area contributed by atoms with E-state index in [1.165, 1.54) is 24.0 Å². The number of fused-ring (bicyclic) bond motifs is 1. The Hall–Kier alpha value is -3.64. The second kappa shape index (κ2) is 7.89. The summed E-state index contributed by atoms with van der Waals surface area (Å²) in [6.07, 6.45) is -3.05. The number of hydrogen-bond donors (Lipinski definition) is 3. The van der Waals surface area contributed by atoms with Crippen molar-refractivity contribution in [3.05, 3.63) is 60.3 Å². The van der Waals surface area contributed by atoms with Crippen LogP contribution in [0.2, 0.25) is 0 Å². The number of anilines is 1. The van der Waals surface area contributed by atoms with E-state index in [0.29, 0.717) is 27.0 Å². The largest absolute Gasteiger partial charge is 0.439 e. The summed E-state index contributed by atoms with van der Waals surface area (Å²) in [5.74, 6) is 0.609. The van der Waals surface area contributed by atoms with Crippen LogP contribution in [0.3, 0.4) is 0 Å². The summed E-state index contributed by atoms with van der Waals surface area (Å²) in [4.78, 5) is 7.86. The van der Waals surface area contributed by atoms with E-state index in [4.69, 9.17) is 9.84 Å². The van der Waals surface area contributed by atoms with Gasteiger partial charge < -0.3 is 24.8 Å². The molecule has 4 aromatic rings. The van der Waals surface area contributed by atoms with Crippen LogP contribution in [0, 0.1) is 0 Å². The topological polar surface area (TPSA) is 110 Å². The van der Waals surface area contributed by atoms with E-state index in [-0.39, 0.29) is 18.3 Å². The number of alkyl halides is 3.